The van der Waals surface area contributed by atoms with Gasteiger partial charge in [-0.15, -0.1) is 0 Å². The quantitative estimate of drug-likeness (QED) is 0.932. The fourth-order valence-electron chi connectivity index (χ4n) is 3.68. The molecule has 1 aromatic rings. The van der Waals surface area contributed by atoms with E-state index in [2.05, 4.69) is 17.4 Å². The van der Waals surface area contributed by atoms with Crippen molar-refractivity contribution in [1.29, 1.82) is 0 Å². The van der Waals surface area contributed by atoms with Gasteiger partial charge in [0.05, 0.1) is 14.2 Å². The van der Waals surface area contributed by atoms with Gasteiger partial charge in [0, 0.05) is 25.2 Å². The van der Waals surface area contributed by atoms with Gasteiger partial charge < -0.3 is 19.7 Å². The lowest BCUT2D eigenvalue weighted by Gasteiger charge is -2.34. The molecule has 1 N–H and O–H groups in total. The molecule has 1 aromatic carbocycles. The minimum atomic E-state index is -0.222. The molecule has 2 atom stereocenters. The van der Waals surface area contributed by atoms with E-state index in [1.54, 1.807) is 12.0 Å². The van der Waals surface area contributed by atoms with E-state index in [0.717, 1.165) is 44.5 Å². The summed E-state index contributed by atoms with van der Waals surface area (Å²) in [7, 11) is 3.17. The van der Waals surface area contributed by atoms with E-state index in [4.69, 9.17) is 9.47 Å². The van der Waals surface area contributed by atoms with Crippen molar-refractivity contribution in [2.75, 3.05) is 27.3 Å². The zero-order valence-electron chi connectivity index (χ0n) is 13.3. The number of rotatable bonds is 3. The van der Waals surface area contributed by atoms with Crippen LogP contribution in [0.15, 0.2) is 18.2 Å². The number of hydrogen-bond donors (Lipinski definition) is 1. The number of benzene rings is 1. The van der Waals surface area contributed by atoms with Gasteiger partial charge in [0.25, 0.3) is 0 Å². The van der Waals surface area contributed by atoms with Gasteiger partial charge in [-0.1, -0.05) is 12.1 Å². The number of nitrogens with zero attached hydrogens (tertiary/aromatic N) is 1. The summed E-state index contributed by atoms with van der Waals surface area (Å²) in [5, 5.41) is 3.73. The SMILES string of the molecule is COC(=O)N1CCC[C@H](N[C@@H]2CCc3c(OC)cccc32)C1. The highest BCUT2D eigenvalue weighted by atomic mass is 16.5. The molecule has 1 fully saturated rings. The van der Waals surface area contributed by atoms with Gasteiger partial charge in [0.2, 0.25) is 0 Å². The van der Waals surface area contributed by atoms with Crippen molar-refractivity contribution in [3.63, 3.8) is 0 Å². The minimum absolute atomic E-state index is 0.222. The fraction of sp³-hybridized carbons (Fsp3) is 0.588. The first-order valence-corrected chi connectivity index (χ1v) is 7.97. The lowest BCUT2D eigenvalue weighted by atomic mass is 10.0. The number of fused-ring (bicyclic) bond motifs is 1. The van der Waals surface area contributed by atoms with Crippen LogP contribution < -0.4 is 10.1 Å². The second kappa shape index (κ2) is 6.57. The van der Waals surface area contributed by atoms with Gasteiger partial charge in [-0.2, -0.15) is 0 Å². The van der Waals surface area contributed by atoms with Crippen LogP contribution in [0.4, 0.5) is 4.79 Å². The minimum Gasteiger partial charge on any atom is -0.496 e. The summed E-state index contributed by atoms with van der Waals surface area (Å²) in [6.45, 7) is 1.52. The van der Waals surface area contributed by atoms with Crippen LogP contribution in [0.25, 0.3) is 0 Å². The Kier molecular flexibility index (Phi) is 4.52. The molecule has 0 aromatic heterocycles. The summed E-state index contributed by atoms with van der Waals surface area (Å²) in [5.41, 5.74) is 2.66. The van der Waals surface area contributed by atoms with Crippen LogP contribution in [0.1, 0.15) is 36.4 Å². The van der Waals surface area contributed by atoms with E-state index in [1.165, 1.54) is 18.2 Å². The van der Waals surface area contributed by atoms with Gasteiger partial charge in [-0.05, 0) is 42.9 Å². The second-order valence-electron chi connectivity index (χ2n) is 6.04. The molecule has 0 bridgehead atoms. The van der Waals surface area contributed by atoms with Crippen molar-refractivity contribution in [2.45, 2.75) is 37.8 Å². The molecule has 2 aliphatic rings. The number of nitrogens with one attached hydrogen (secondary N) is 1. The van der Waals surface area contributed by atoms with Crippen LogP contribution in [0.2, 0.25) is 0 Å². The molecule has 1 amide bonds. The van der Waals surface area contributed by atoms with Crippen molar-refractivity contribution < 1.29 is 14.3 Å². The average Bonchev–Trinajstić information content (AvgIpc) is 2.97. The molecule has 5 nitrogen and oxygen atoms in total. The molecule has 1 aliphatic carbocycles. The molecule has 120 valence electrons. The van der Waals surface area contributed by atoms with E-state index in [9.17, 15) is 4.79 Å². The summed E-state index contributed by atoms with van der Waals surface area (Å²) in [5.74, 6) is 0.988. The fourth-order valence-corrected chi connectivity index (χ4v) is 3.68. The third-order valence-electron chi connectivity index (χ3n) is 4.74. The van der Waals surface area contributed by atoms with Crippen molar-refractivity contribution in [2.24, 2.45) is 0 Å². The van der Waals surface area contributed by atoms with Crippen LogP contribution in [-0.2, 0) is 11.2 Å². The van der Waals surface area contributed by atoms with Gasteiger partial charge in [0.15, 0.2) is 0 Å². The average molecular weight is 304 g/mol. The maximum Gasteiger partial charge on any atom is 0.409 e. The van der Waals surface area contributed by atoms with Crippen LogP contribution >= 0.6 is 0 Å². The molecule has 3 rings (SSSR count). The monoisotopic (exact) mass is 304 g/mol. The van der Waals surface area contributed by atoms with Gasteiger partial charge in [-0.3, -0.25) is 0 Å². The molecule has 1 heterocycles. The van der Waals surface area contributed by atoms with Gasteiger partial charge in [-0.25, -0.2) is 4.79 Å². The molecular weight excluding hydrogens is 280 g/mol. The van der Waals surface area contributed by atoms with Crippen molar-refractivity contribution in [3.8, 4) is 5.75 Å². The summed E-state index contributed by atoms with van der Waals surface area (Å²) in [6.07, 6.45) is 4.03. The number of ether oxygens (including phenoxy) is 2. The second-order valence-corrected chi connectivity index (χ2v) is 6.04. The highest BCUT2D eigenvalue weighted by Gasteiger charge is 2.30. The zero-order chi connectivity index (χ0) is 15.5. The molecule has 0 spiro atoms. The normalized spacial score (nSPS) is 24.0. The largest absolute Gasteiger partial charge is 0.496 e. The summed E-state index contributed by atoms with van der Waals surface area (Å²) >= 11 is 0. The van der Waals surface area contributed by atoms with E-state index >= 15 is 0 Å². The Labute approximate surface area is 131 Å². The van der Waals surface area contributed by atoms with E-state index in [0.29, 0.717) is 12.1 Å². The summed E-state index contributed by atoms with van der Waals surface area (Å²) < 4.78 is 10.3. The van der Waals surface area contributed by atoms with Gasteiger partial charge in [0.1, 0.15) is 5.75 Å². The molecule has 0 saturated carbocycles. The Morgan fingerprint density at radius 2 is 2.18 bits per heavy atom. The van der Waals surface area contributed by atoms with Crippen LogP contribution in [0.3, 0.4) is 0 Å². The zero-order valence-corrected chi connectivity index (χ0v) is 13.3. The molecule has 0 unspecified atom stereocenters. The molecule has 0 radical (unpaired) electrons. The summed E-state index contributed by atoms with van der Waals surface area (Å²) in [6, 6.07) is 6.95. The molecule has 22 heavy (non-hydrogen) atoms. The Hall–Kier alpha value is -1.75. The first-order chi connectivity index (χ1) is 10.7. The molecule has 1 aliphatic heterocycles. The smallest absolute Gasteiger partial charge is 0.409 e. The van der Waals surface area contributed by atoms with E-state index < -0.39 is 0 Å². The number of amides is 1. The number of carbonyl (C=O) groups excluding carboxylic acids is 1. The third-order valence-corrected chi connectivity index (χ3v) is 4.74. The lowest BCUT2D eigenvalue weighted by Crippen LogP contribution is -2.48. The summed E-state index contributed by atoms with van der Waals surface area (Å²) in [4.78, 5) is 13.5. The molecule has 1 saturated heterocycles. The first-order valence-electron chi connectivity index (χ1n) is 7.97. The van der Waals surface area contributed by atoms with E-state index in [-0.39, 0.29) is 6.09 Å². The Bertz CT molecular complexity index is 547. The highest BCUT2D eigenvalue weighted by molar-refractivity contribution is 5.67. The number of carbonyl (C=O) groups is 1. The lowest BCUT2D eigenvalue weighted by molar-refractivity contribution is 0.106. The Morgan fingerprint density at radius 3 is 2.95 bits per heavy atom. The van der Waals surface area contributed by atoms with Crippen LogP contribution in [-0.4, -0.2) is 44.3 Å². The van der Waals surface area contributed by atoms with Crippen molar-refractivity contribution in [3.05, 3.63) is 29.3 Å². The standard InChI is InChI=1S/C17H24N2O3/c1-21-16-7-3-6-13-14(16)8-9-15(13)18-12-5-4-10-19(11-12)17(20)22-2/h3,6-7,12,15,18H,4-5,8-11H2,1-2H3/t12-,15+/m0/s1. The molecular formula is C17H24N2O3. The van der Waals surface area contributed by atoms with Crippen LogP contribution in [0, 0.1) is 0 Å². The highest BCUT2D eigenvalue weighted by Crippen LogP contribution is 2.37. The topological polar surface area (TPSA) is 50.8 Å². The maximum absolute atomic E-state index is 11.7. The number of likely N-dealkylation sites (tertiary alicyclic amines) is 1. The first kappa shape index (κ1) is 15.2. The number of hydrogen-bond acceptors (Lipinski definition) is 4. The van der Waals surface area contributed by atoms with Crippen molar-refractivity contribution in [1.82, 2.24) is 10.2 Å². The van der Waals surface area contributed by atoms with Gasteiger partial charge >= 0.3 is 6.09 Å². The predicted molar refractivity (Wildman–Crippen MR) is 84.2 cm³/mol. The maximum atomic E-state index is 11.7. The Morgan fingerprint density at radius 1 is 1.32 bits per heavy atom. The predicted octanol–water partition coefficient (Wildman–Crippen LogP) is 2.50. The molecule has 5 heteroatoms. The van der Waals surface area contributed by atoms with Crippen molar-refractivity contribution >= 4 is 6.09 Å². The number of piperidine rings is 1. The third kappa shape index (κ3) is 2.90. The number of methoxy groups -OCH3 is 2. The Balaban J connectivity index is 1.67. The van der Waals surface area contributed by atoms with E-state index in [1.807, 2.05) is 6.07 Å². The van der Waals surface area contributed by atoms with Crippen LogP contribution in [0.5, 0.6) is 5.75 Å².